The van der Waals surface area contributed by atoms with E-state index in [4.69, 9.17) is 5.11 Å². The second-order valence-electron chi connectivity index (χ2n) is 5.81. The molecule has 25 heavy (non-hydrogen) atoms. The van der Waals surface area contributed by atoms with Crippen molar-refractivity contribution in [3.8, 4) is 0 Å². The predicted octanol–water partition coefficient (Wildman–Crippen LogP) is 1.92. The molecule has 6 nitrogen and oxygen atoms in total. The lowest BCUT2D eigenvalue weighted by Gasteiger charge is -2.31. The normalized spacial score (nSPS) is 15.0. The van der Waals surface area contributed by atoms with Gasteiger partial charge in [-0.25, -0.2) is 4.39 Å². The molecule has 0 fully saturated rings. The summed E-state index contributed by atoms with van der Waals surface area (Å²) in [7, 11) is 0. The largest absolute Gasteiger partial charge is 0.394 e. The van der Waals surface area contributed by atoms with Crippen molar-refractivity contribution in [2.75, 3.05) is 25.0 Å². The number of fused-ring (bicyclic) bond motifs is 1. The Balaban J connectivity index is 1.92. The van der Waals surface area contributed by atoms with Crippen molar-refractivity contribution in [2.24, 2.45) is 0 Å². The average molecular weight is 457 g/mol. The molecule has 0 saturated carbocycles. The van der Waals surface area contributed by atoms with Crippen LogP contribution in [0.2, 0.25) is 0 Å². The SMILES string of the molecule is O=C1c2c(cncc2Nc2ccc(I)cc2F)CCN1C[C@@H](O)CO. The molecular formula is C17H17FIN3O3. The Kier molecular flexibility index (Phi) is 5.50. The van der Waals surface area contributed by atoms with Gasteiger partial charge >= 0.3 is 0 Å². The van der Waals surface area contributed by atoms with E-state index in [1.54, 1.807) is 18.3 Å². The molecule has 3 N–H and O–H groups in total. The van der Waals surface area contributed by atoms with Crippen LogP contribution in [0, 0.1) is 9.39 Å². The van der Waals surface area contributed by atoms with Crippen molar-refractivity contribution in [1.82, 2.24) is 9.88 Å². The lowest BCUT2D eigenvalue weighted by Crippen LogP contribution is -2.43. The molecule has 0 saturated heterocycles. The molecule has 132 valence electrons. The maximum Gasteiger partial charge on any atom is 0.256 e. The molecule has 0 spiro atoms. The molecular weight excluding hydrogens is 440 g/mol. The molecule has 0 radical (unpaired) electrons. The molecule has 1 aromatic carbocycles. The number of anilines is 2. The third-order valence-electron chi connectivity index (χ3n) is 4.02. The van der Waals surface area contributed by atoms with Crippen LogP contribution in [-0.4, -0.2) is 51.8 Å². The Morgan fingerprint density at radius 1 is 1.36 bits per heavy atom. The van der Waals surface area contributed by atoms with Gasteiger partial charge < -0.3 is 20.4 Å². The summed E-state index contributed by atoms with van der Waals surface area (Å²) in [5, 5.41) is 21.6. The van der Waals surface area contributed by atoms with Crippen LogP contribution in [-0.2, 0) is 6.42 Å². The Hall–Kier alpha value is -1.78. The molecule has 8 heteroatoms. The minimum atomic E-state index is -0.989. The van der Waals surface area contributed by atoms with Crippen molar-refractivity contribution in [1.29, 1.82) is 0 Å². The van der Waals surface area contributed by atoms with Crippen LogP contribution in [0.25, 0.3) is 0 Å². The van der Waals surface area contributed by atoms with E-state index in [0.29, 0.717) is 24.2 Å². The molecule has 2 heterocycles. The van der Waals surface area contributed by atoms with Crippen LogP contribution in [0.4, 0.5) is 15.8 Å². The van der Waals surface area contributed by atoms with Crippen LogP contribution in [0.5, 0.6) is 0 Å². The highest BCUT2D eigenvalue weighted by atomic mass is 127. The van der Waals surface area contributed by atoms with Crippen molar-refractivity contribution < 1.29 is 19.4 Å². The molecule has 1 aliphatic rings. The molecule has 0 aliphatic carbocycles. The van der Waals surface area contributed by atoms with Crippen molar-refractivity contribution >= 4 is 39.9 Å². The average Bonchev–Trinajstić information content (AvgIpc) is 2.59. The molecule has 1 amide bonds. The Morgan fingerprint density at radius 2 is 2.16 bits per heavy atom. The van der Waals surface area contributed by atoms with Gasteiger partial charge in [0.15, 0.2) is 0 Å². The first-order valence-corrected chi connectivity index (χ1v) is 8.84. The standard InChI is InChI=1S/C17H17FIN3O3/c18-13-5-11(19)1-2-14(13)21-15-7-20-6-10-3-4-22(8-12(24)9-23)17(25)16(10)15/h1-2,5-7,12,21,23-24H,3-4,8-9H2/t12-/m1/s1. The highest BCUT2D eigenvalue weighted by Crippen LogP contribution is 2.29. The van der Waals surface area contributed by atoms with Gasteiger partial charge in [0.25, 0.3) is 5.91 Å². The smallest absolute Gasteiger partial charge is 0.256 e. The maximum atomic E-state index is 14.1. The predicted molar refractivity (Wildman–Crippen MR) is 99.3 cm³/mol. The summed E-state index contributed by atoms with van der Waals surface area (Å²) in [5.74, 6) is -0.690. The van der Waals surface area contributed by atoms with Gasteiger partial charge in [-0.05, 0) is 52.8 Å². The number of rotatable bonds is 5. The number of halogens is 2. The number of pyridine rings is 1. The fourth-order valence-corrected chi connectivity index (χ4v) is 3.23. The van der Waals surface area contributed by atoms with E-state index in [1.807, 2.05) is 22.6 Å². The maximum absolute atomic E-state index is 14.1. The quantitative estimate of drug-likeness (QED) is 0.598. The summed E-state index contributed by atoms with van der Waals surface area (Å²) in [4.78, 5) is 18.4. The van der Waals surface area contributed by atoms with Gasteiger partial charge in [0.1, 0.15) is 5.82 Å². The van der Waals surface area contributed by atoms with E-state index in [-0.39, 0.29) is 18.1 Å². The van der Waals surface area contributed by atoms with E-state index in [0.717, 1.165) is 9.13 Å². The third kappa shape index (κ3) is 3.91. The zero-order valence-corrected chi connectivity index (χ0v) is 15.4. The van der Waals surface area contributed by atoms with Crippen LogP contribution in [0.1, 0.15) is 15.9 Å². The molecule has 0 unspecified atom stereocenters. The second kappa shape index (κ2) is 7.63. The summed E-state index contributed by atoms with van der Waals surface area (Å²) in [6, 6.07) is 4.77. The van der Waals surface area contributed by atoms with Gasteiger partial charge in [-0.3, -0.25) is 9.78 Å². The number of hydrogen-bond acceptors (Lipinski definition) is 5. The zero-order chi connectivity index (χ0) is 18.0. The molecule has 1 aliphatic heterocycles. The van der Waals surface area contributed by atoms with Crippen LogP contribution in [0.15, 0.2) is 30.6 Å². The van der Waals surface area contributed by atoms with Gasteiger partial charge in [0, 0.05) is 22.9 Å². The summed E-state index contributed by atoms with van der Waals surface area (Å²) in [5.41, 5.74) is 1.88. The number of hydrogen-bond donors (Lipinski definition) is 3. The van der Waals surface area contributed by atoms with Gasteiger partial charge in [-0.1, -0.05) is 0 Å². The number of aliphatic hydroxyl groups is 2. The Morgan fingerprint density at radius 3 is 2.88 bits per heavy atom. The van der Waals surface area contributed by atoms with Gasteiger partial charge in [0.2, 0.25) is 0 Å². The van der Waals surface area contributed by atoms with Crippen molar-refractivity contribution in [3.05, 3.63) is 51.1 Å². The minimum absolute atomic E-state index is 0.0500. The van der Waals surface area contributed by atoms with Gasteiger partial charge in [-0.2, -0.15) is 0 Å². The topological polar surface area (TPSA) is 85.7 Å². The van der Waals surface area contributed by atoms with E-state index in [2.05, 4.69) is 10.3 Å². The van der Waals surface area contributed by atoms with Crippen LogP contribution >= 0.6 is 22.6 Å². The van der Waals surface area contributed by atoms with E-state index in [1.165, 1.54) is 17.2 Å². The fraction of sp³-hybridized carbons (Fsp3) is 0.294. The van der Waals surface area contributed by atoms with Crippen LogP contribution < -0.4 is 5.32 Å². The summed E-state index contributed by atoms with van der Waals surface area (Å²) in [6.07, 6.45) is 2.71. The summed E-state index contributed by atoms with van der Waals surface area (Å²) >= 11 is 2.02. The number of amides is 1. The number of aliphatic hydroxyl groups excluding tert-OH is 2. The number of aromatic nitrogens is 1. The minimum Gasteiger partial charge on any atom is -0.394 e. The number of benzene rings is 1. The number of carbonyl (C=O) groups is 1. The lowest BCUT2D eigenvalue weighted by molar-refractivity contribution is 0.0445. The van der Waals surface area contributed by atoms with Crippen molar-refractivity contribution in [3.63, 3.8) is 0 Å². The number of carbonyl (C=O) groups excluding carboxylic acids is 1. The molecule has 0 bridgehead atoms. The van der Waals surface area contributed by atoms with Crippen molar-refractivity contribution in [2.45, 2.75) is 12.5 Å². The third-order valence-corrected chi connectivity index (χ3v) is 4.69. The molecule has 1 aromatic heterocycles. The monoisotopic (exact) mass is 457 g/mol. The highest BCUT2D eigenvalue weighted by Gasteiger charge is 2.28. The summed E-state index contributed by atoms with van der Waals surface area (Å²) in [6.45, 7) is 0.0757. The lowest BCUT2D eigenvalue weighted by atomic mass is 9.99. The Labute approximate surface area is 157 Å². The molecule has 1 atom stereocenters. The van der Waals surface area contributed by atoms with E-state index in [9.17, 15) is 14.3 Å². The van der Waals surface area contributed by atoms with Crippen LogP contribution in [0.3, 0.4) is 0 Å². The first-order valence-electron chi connectivity index (χ1n) is 7.76. The first-order chi connectivity index (χ1) is 12.0. The highest BCUT2D eigenvalue weighted by molar-refractivity contribution is 14.1. The number of nitrogens with one attached hydrogen (secondary N) is 1. The van der Waals surface area contributed by atoms with E-state index < -0.39 is 18.5 Å². The first kappa shape index (κ1) is 18.0. The zero-order valence-electron chi connectivity index (χ0n) is 13.2. The Bertz CT molecular complexity index is 803. The van der Waals surface area contributed by atoms with Gasteiger partial charge in [0.05, 0.1) is 35.8 Å². The van der Waals surface area contributed by atoms with Gasteiger partial charge in [-0.15, -0.1) is 0 Å². The summed E-state index contributed by atoms with van der Waals surface area (Å²) < 4.78 is 14.9. The number of nitrogens with zero attached hydrogens (tertiary/aromatic N) is 2. The second-order valence-corrected chi connectivity index (χ2v) is 7.05. The molecule has 2 aromatic rings. The number of β-amino-alcohol motifs (C(OH)–C–C–N with tert-alkyl or cyclic N) is 1. The van der Waals surface area contributed by atoms with E-state index >= 15 is 0 Å². The molecule has 3 rings (SSSR count). The fourth-order valence-electron chi connectivity index (χ4n) is 2.78.